The Morgan fingerprint density at radius 2 is 1.58 bits per heavy atom. The van der Waals surface area contributed by atoms with E-state index < -0.39 is 0 Å². The van der Waals surface area contributed by atoms with Gasteiger partial charge in [-0.25, -0.2) is 0 Å². The first-order valence-electron chi connectivity index (χ1n) is 7.67. The number of aliphatic hydroxyl groups is 1. The Labute approximate surface area is 142 Å². The largest absolute Gasteiger partial charge is 0.392 e. The highest BCUT2D eigenvalue weighted by Gasteiger charge is 2.04. The molecule has 3 heteroatoms. The third-order valence-corrected chi connectivity index (χ3v) is 3.27. The first kappa shape index (κ1) is 17.6. The zero-order valence-corrected chi connectivity index (χ0v) is 14.1. The predicted molar refractivity (Wildman–Crippen MR) is 99.8 cm³/mol. The molecule has 3 aromatic carbocycles. The second kappa shape index (κ2) is 8.18. The average molecular weight is 322 g/mol. The van der Waals surface area contributed by atoms with Crippen LogP contribution in [0.2, 0.25) is 0 Å². The molecule has 0 radical (unpaired) electrons. The summed E-state index contributed by atoms with van der Waals surface area (Å²) >= 11 is 0. The molecule has 0 heterocycles. The van der Waals surface area contributed by atoms with Crippen LogP contribution >= 0.6 is 0 Å². The van der Waals surface area contributed by atoms with E-state index in [0.29, 0.717) is 5.75 Å². The van der Waals surface area contributed by atoms with E-state index in [4.69, 9.17) is 9.78 Å². The van der Waals surface area contributed by atoms with Crippen LogP contribution in [0.4, 0.5) is 0 Å². The molecule has 0 bridgehead atoms. The Hall–Kier alpha value is -2.78. The van der Waals surface area contributed by atoms with Crippen molar-refractivity contribution >= 4 is 21.5 Å². The van der Waals surface area contributed by atoms with Crippen molar-refractivity contribution in [1.29, 1.82) is 0 Å². The topological polar surface area (TPSA) is 38.7 Å². The molecule has 3 aromatic rings. The van der Waals surface area contributed by atoms with Gasteiger partial charge in [0.25, 0.3) is 0 Å². The molecule has 3 rings (SSSR count). The monoisotopic (exact) mass is 322 g/mol. The Balaban J connectivity index is 0.000000471. The lowest BCUT2D eigenvalue weighted by atomic mass is 10.0. The summed E-state index contributed by atoms with van der Waals surface area (Å²) in [5.74, 6) is 0.628. The zero-order valence-electron chi connectivity index (χ0n) is 14.1. The van der Waals surface area contributed by atoms with Crippen molar-refractivity contribution in [3.8, 4) is 5.75 Å². The van der Waals surface area contributed by atoms with Crippen molar-refractivity contribution < 1.29 is 14.9 Å². The minimum atomic E-state index is 0.0552. The maximum absolute atomic E-state index is 9.19. The van der Waals surface area contributed by atoms with Gasteiger partial charge in [-0.1, -0.05) is 36.4 Å². The van der Waals surface area contributed by atoms with Crippen molar-refractivity contribution in [3.05, 3.63) is 79.1 Å². The molecule has 0 aliphatic rings. The first-order chi connectivity index (χ1) is 11.5. The Morgan fingerprint density at radius 1 is 1.00 bits per heavy atom. The number of fused-ring (bicyclic) bond motifs is 3. The van der Waals surface area contributed by atoms with Gasteiger partial charge in [-0.2, -0.15) is 0 Å². The van der Waals surface area contributed by atoms with Crippen molar-refractivity contribution in [2.75, 3.05) is 0 Å². The number of aliphatic hydroxyl groups excluding tert-OH is 1. The molecule has 1 N–H and O–H groups in total. The molecular formula is C21H22O3. The van der Waals surface area contributed by atoms with Gasteiger partial charge in [0.05, 0.1) is 6.61 Å². The summed E-state index contributed by atoms with van der Waals surface area (Å²) in [7, 11) is 0. The molecule has 0 aromatic heterocycles. The summed E-state index contributed by atoms with van der Waals surface area (Å²) < 4.78 is 0. The molecule has 0 atom stereocenters. The van der Waals surface area contributed by atoms with Crippen molar-refractivity contribution in [2.24, 2.45) is 0 Å². The first-order valence-corrected chi connectivity index (χ1v) is 7.67. The van der Waals surface area contributed by atoms with Crippen LogP contribution in [0.25, 0.3) is 21.5 Å². The van der Waals surface area contributed by atoms with E-state index in [1.54, 1.807) is 0 Å². The minimum Gasteiger partial charge on any atom is -0.392 e. The molecule has 0 unspecified atom stereocenters. The summed E-state index contributed by atoms with van der Waals surface area (Å²) in [6, 6.07) is 15.8. The third-order valence-electron chi connectivity index (χ3n) is 3.27. The summed E-state index contributed by atoms with van der Waals surface area (Å²) in [4.78, 5) is 9.78. The maximum Gasteiger partial charge on any atom is 0.179 e. The van der Waals surface area contributed by atoms with Gasteiger partial charge in [0.2, 0.25) is 0 Å². The summed E-state index contributed by atoms with van der Waals surface area (Å²) in [6.45, 7) is 11.0. The van der Waals surface area contributed by atoms with Gasteiger partial charge in [-0.15, -0.1) is 6.58 Å². The predicted octanol–water partition coefficient (Wildman–Crippen LogP) is 5.52. The van der Waals surface area contributed by atoms with Crippen LogP contribution in [0, 0.1) is 0 Å². The van der Waals surface area contributed by atoms with Crippen LogP contribution in [0.1, 0.15) is 19.4 Å². The maximum atomic E-state index is 9.19. The molecule has 0 saturated heterocycles. The van der Waals surface area contributed by atoms with Gasteiger partial charge in [0.1, 0.15) is 6.26 Å². The van der Waals surface area contributed by atoms with Gasteiger partial charge in [0, 0.05) is 0 Å². The van der Waals surface area contributed by atoms with E-state index in [-0.39, 0.29) is 6.61 Å². The van der Waals surface area contributed by atoms with E-state index >= 15 is 0 Å². The molecule has 0 aliphatic carbocycles. The van der Waals surface area contributed by atoms with Crippen molar-refractivity contribution in [1.82, 2.24) is 0 Å². The third kappa shape index (κ3) is 4.37. The van der Waals surface area contributed by atoms with Crippen LogP contribution in [-0.2, 0) is 11.5 Å². The molecule has 124 valence electrons. The molecular weight excluding hydrogens is 300 g/mol. The molecule has 0 amide bonds. The van der Waals surface area contributed by atoms with Gasteiger partial charge < -0.3 is 5.11 Å². The van der Waals surface area contributed by atoms with Crippen LogP contribution < -0.4 is 4.89 Å². The Bertz CT molecular complexity index is 861. The Morgan fingerprint density at radius 3 is 2.17 bits per heavy atom. The standard InChI is InChI=1S/C17H14O3.C4H8/c1-2-19-20-15-6-8-17-14(10-15)5-4-13-9-12(11-18)3-7-16(13)17;1-4(2)3/h2-10,18H,1,11H2;1H2,2-3H3. The molecule has 0 saturated carbocycles. The SMILES string of the molecule is C=C(C)C.C=COOc1ccc2c(ccc3cc(CO)ccc32)c1. The van der Waals surface area contributed by atoms with E-state index in [1.165, 1.54) is 11.8 Å². The number of benzene rings is 3. The van der Waals surface area contributed by atoms with E-state index in [1.807, 2.05) is 62.4 Å². The van der Waals surface area contributed by atoms with Crippen LogP contribution in [-0.4, -0.2) is 5.11 Å². The van der Waals surface area contributed by atoms with Gasteiger partial charge in [-0.05, 0) is 65.2 Å². The highest BCUT2D eigenvalue weighted by atomic mass is 17.2. The molecule has 3 nitrogen and oxygen atoms in total. The summed E-state index contributed by atoms with van der Waals surface area (Å²) in [5, 5.41) is 13.7. The molecule has 0 aliphatic heterocycles. The van der Waals surface area contributed by atoms with Gasteiger partial charge in [-0.3, -0.25) is 9.78 Å². The number of hydrogen-bond donors (Lipinski definition) is 1. The fourth-order valence-electron chi connectivity index (χ4n) is 2.34. The fraction of sp³-hybridized carbons (Fsp3) is 0.143. The normalized spacial score (nSPS) is 9.96. The van der Waals surface area contributed by atoms with Crippen LogP contribution in [0.15, 0.2) is 73.5 Å². The lowest BCUT2D eigenvalue weighted by molar-refractivity contribution is -0.148. The number of allylic oxidation sites excluding steroid dienone is 1. The van der Waals surface area contributed by atoms with Crippen LogP contribution in [0.5, 0.6) is 5.75 Å². The van der Waals surface area contributed by atoms with Gasteiger partial charge >= 0.3 is 0 Å². The lowest BCUT2D eigenvalue weighted by Gasteiger charge is -2.07. The second-order valence-electron chi connectivity index (χ2n) is 5.72. The second-order valence-corrected chi connectivity index (χ2v) is 5.72. The quantitative estimate of drug-likeness (QED) is 0.226. The fourth-order valence-corrected chi connectivity index (χ4v) is 2.34. The molecule has 0 fully saturated rings. The van der Waals surface area contributed by atoms with Crippen LogP contribution in [0.3, 0.4) is 0 Å². The highest BCUT2D eigenvalue weighted by Crippen LogP contribution is 2.29. The van der Waals surface area contributed by atoms with Crippen molar-refractivity contribution in [3.63, 3.8) is 0 Å². The van der Waals surface area contributed by atoms with Crippen molar-refractivity contribution in [2.45, 2.75) is 20.5 Å². The van der Waals surface area contributed by atoms with Gasteiger partial charge in [0.15, 0.2) is 5.75 Å². The molecule has 0 spiro atoms. The zero-order chi connectivity index (χ0) is 17.5. The smallest absolute Gasteiger partial charge is 0.179 e. The highest BCUT2D eigenvalue weighted by molar-refractivity contribution is 6.07. The summed E-state index contributed by atoms with van der Waals surface area (Å²) in [6.07, 6.45) is 1.24. The van der Waals surface area contributed by atoms with E-state index in [2.05, 4.69) is 13.2 Å². The minimum absolute atomic E-state index is 0.0552. The lowest BCUT2D eigenvalue weighted by Crippen LogP contribution is -1.89. The summed E-state index contributed by atoms with van der Waals surface area (Å²) in [5.41, 5.74) is 2.08. The molecule has 24 heavy (non-hydrogen) atoms. The average Bonchev–Trinajstić information content (AvgIpc) is 2.58. The van der Waals surface area contributed by atoms with E-state index in [9.17, 15) is 5.11 Å². The number of hydrogen-bond acceptors (Lipinski definition) is 3. The van der Waals surface area contributed by atoms with E-state index in [0.717, 1.165) is 27.1 Å². The number of rotatable bonds is 4. The Kier molecular flexibility index (Phi) is 5.99.